The number of hydrogen-bond acceptors (Lipinski definition) is 3. The number of nitrogens with one attached hydrogen (secondary N) is 1. The standard InChI is InChI=1S/C9H7Cl3FN3OS/c10-6-3-1-2-4-7(6)15-5-14-16(8(15)17)18-9(11,12)13/h1-4,14H,5H2. The van der Waals surface area contributed by atoms with Crippen molar-refractivity contribution in [3.05, 3.63) is 29.3 Å². The Morgan fingerprint density at radius 2 is 2.06 bits per heavy atom. The quantitative estimate of drug-likeness (QED) is 0.677. The third kappa shape index (κ3) is 3.13. The molecule has 9 heteroatoms. The van der Waals surface area contributed by atoms with E-state index in [2.05, 4.69) is 5.43 Å². The summed E-state index contributed by atoms with van der Waals surface area (Å²) in [5.41, 5.74) is 3.17. The lowest BCUT2D eigenvalue weighted by molar-refractivity contribution is 0.235. The van der Waals surface area contributed by atoms with Gasteiger partial charge in [-0.05, 0) is 12.1 Å². The molecule has 4 nitrogen and oxygen atoms in total. The van der Waals surface area contributed by atoms with Crippen LogP contribution < -0.4 is 10.3 Å². The molecule has 98 valence electrons. The lowest BCUT2D eigenvalue weighted by Crippen LogP contribution is -2.31. The molecule has 18 heavy (non-hydrogen) atoms. The molecule has 1 aromatic carbocycles. The van der Waals surface area contributed by atoms with E-state index in [0.29, 0.717) is 22.7 Å². The number of hydrogen-bond donors (Lipinski definition) is 1. The third-order valence-corrected chi connectivity index (χ3v) is 3.52. The molecule has 0 aliphatic carbocycles. The highest BCUT2D eigenvalue weighted by Crippen LogP contribution is 2.39. The minimum Gasteiger partial charge on any atom is -0.276 e. The number of carbonyl (C=O) groups is 1. The monoisotopic (exact) mass is 329 g/mol. The number of hydrazine groups is 1. The molecule has 0 atom stereocenters. The summed E-state index contributed by atoms with van der Waals surface area (Å²) in [6.45, 7) is 0.152. The number of rotatable bonds is 3. The van der Waals surface area contributed by atoms with Gasteiger partial charge in [-0.15, -0.1) is 0 Å². The lowest BCUT2D eigenvalue weighted by Gasteiger charge is -2.18. The SMILES string of the molecule is O=C1N(SC(F)(Cl)Cl)NCN1c1ccccc1Cl. The molecule has 0 aromatic heterocycles. The summed E-state index contributed by atoms with van der Waals surface area (Å²) in [7, 11) is 0. The van der Waals surface area contributed by atoms with Crippen LogP contribution >= 0.6 is 46.8 Å². The summed E-state index contributed by atoms with van der Waals surface area (Å²) >= 11 is 16.7. The molecular weight excluding hydrogens is 324 g/mol. The van der Waals surface area contributed by atoms with Crippen molar-refractivity contribution in [1.29, 1.82) is 0 Å². The van der Waals surface area contributed by atoms with Crippen molar-refractivity contribution >= 4 is 58.5 Å². The minimum absolute atomic E-state index is 0.152. The maximum absolute atomic E-state index is 13.0. The van der Waals surface area contributed by atoms with Gasteiger partial charge in [-0.25, -0.2) is 4.79 Å². The Labute approximate surface area is 122 Å². The number of amides is 2. The van der Waals surface area contributed by atoms with Crippen molar-refractivity contribution in [2.45, 2.75) is 3.92 Å². The predicted octanol–water partition coefficient (Wildman–Crippen LogP) is 3.75. The summed E-state index contributed by atoms with van der Waals surface area (Å²) in [6.07, 6.45) is 0. The number of benzene rings is 1. The van der Waals surface area contributed by atoms with Crippen molar-refractivity contribution in [2.75, 3.05) is 11.6 Å². The highest BCUT2D eigenvalue weighted by Gasteiger charge is 2.37. The Bertz CT molecular complexity index is 471. The number of alkyl halides is 3. The summed E-state index contributed by atoms with van der Waals surface area (Å²) in [4.78, 5) is 13.3. The molecule has 2 rings (SSSR count). The fourth-order valence-corrected chi connectivity index (χ4v) is 2.57. The van der Waals surface area contributed by atoms with E-state index < -0.39 is 9.95 Å². The number of halogens is 4. The van der Waals surface area contributed by atoms with Gasteiger partial charge in [0.1, 0.15) is 0 Å². The maximum atomic E-state index is 13.0. The predicted molar refractivity (Wildman–Crippen MR) is 72.3 cm³/mol. The number of anilines is 1. The van der Waals surface area contributed by atoms with Crippen LogP contribution in [-0.4, -0.2) is 21.0 Å². The molecule has 1 N–H and O–H groups in total. The molecule has 0 spiro atoms. The molecule has 1 heterocycles. The molecule has 1 fully saturated rings. The van der Waals surface area contributed by atoms with E-state index in [9.17, 15) is 9.18 Å². The Kier molecular flexibility index (Phi) is 4.13. The van der Waals surface area contributed by atoms with Gasteiger partial charge in [-0.3, -0.25) is 4.90 Å². The molecule has 0 radical (unpaired) electrons. The Morgan fingerprint density at radius 3 is 2.67 bits per heavy atom. The zero-order valence-electron chi connectivity index (χ0n) is 8.74. The second-order valence-corrected chi connectivity index (χ2v) is 6.51. The number of urea groups is 1. The molecule has 0 saturated carbocycles. The van der Waals surface area contributed by atoms with Gasteiger partial charge in [0.2, 0.25) is 0 Å². The van der Waals surface area contributed by atoms with E-state index in [0.717, 1.165) is 4.41 Å². The molecule has 0 unspecified atom stereocenters. The van der Waals surface area contributed by atoms with Crippen LogP contribution in [0.5, 0.6) is 0 Å². The van der Waals surface area contributed by atoms with Gasteiger partial charge in [0.25, 0.3) is 0 Å². The molecule has 0 bridgehead atoms. The van der Waals surface area contributed by atoms with Gasteiger partial charge in [0.15, 0.2) is 0 Å². The number of carbonyl (C=O) groups excluding carboxylic acids is 1. The van der Waals surface area contributed by atoms with E-state index >= 15 is 0 Å². The van der Waals surface area contributed by atoms with Gasteiger partial charge in [-0.1, -0.05) is 46.9 Å². The average molecular weight is 331 g/mol. The van der Waals surface area contributed by atoms with Crippen LogP contribution in [-0.2, 0) is 0 Å². The first-order chi connectivity index (χ1) is 8.38. The fourth-order valence-electron chi connectivity index (χ4n) is 1.41. The van der Waals surface area contributed by atoms with Gasteiger partial charge >= 0.3 is 9.95 Å². The normalized spacial score (nSPS) is 16.6. The van der Waals surface area contributed by atoms with Crippen LogP contribution in [0.4, 0.5) is 14.9 Å². The van der Waals surface area contributed by atoms with E-state index in [1.165, 1.54) is 4.90 Å². The van der Waals surface area contributed by atoms with Gasteiger partial charge in [0, 0.05) is 11.9 Å². The first-order valence-corrected chi connectivity index (χ1v) is 6.65. The Morgan fingerprint density at radius 1 is 1.39 bits per heavy atom. The molecule has 2 amide bonds. The van der Waals surface area contributed by atoms with Crippen LogP contribution in [0.1, 0.15) is 0 Å². The zero-order valence-corrected chi connectivity index (χ0v) is 11.8. The molecule has 1 aromatic rings. The van der Waals surface area contributed by atoms with E-state index in [1.807, 2.05) is 0 Å². The second kappa shape index (κ2) is 5.30. The van der Waals surface area contributed by atoms with Crippen LogP contribution in [0, 0.1) is 0 Å². The van der Waals surface area contributed by atoms with Crippen LogP contribution in [0.25, 0.3) is 0 Å². The molecule has 1 saturated heterocycles. The van der Waals surface area contributed by atoms with Gasteiger partial charge in [0.05, 0.1) is 17.4 Å². The van der Waals surface area contributed by atoms with Crippen molar-refractivity contribution in [2.24, 2.45) is 0 Å². The number of nitrogens with zero attached hydrogens (tertiary/aromatic N) is 2. The minimum atomic E-state index is -2.58. The summed E-state index contributed by atoms with van der Waals surface area (Å²) < 4.78 is 11.4. The summed E-state index contributed by atoms with van der Waals surface area (Å²) in [5, 5.41) is 0.419. The topological polar surface area (TPSA) is 35.6 Å². The molecule has 1 aliphatic heterocycles. The van der Waals surface area contributed by atoms with Gasteiger partial charge < -0.3 is 0 Å². The smallest absolute Gasteiger partial charge is 0.276 e. The Balaban J connectivity index is 2.15. The largest absolute Gasteiger partial charge is 0.350 e. The van der Waals surface area contributed by atoms with Crippen molar-refractivity contribution in [1.82, 2.24) is 9.84 Å². The fraction of sp³-hybridized carbons (Fsp3) is 0.222. The van der Waals surface area contributed by atoms with Crippen molar-refractivity contribution < 1.29 is 9.18 Å². The first-order valence-electron chi connectivity index (χ1n) is 4.74. The van der Waals surface area contributed by atoms with E-state index in [1.54, 1.807) is 24.3 Å². The van der Waals surface area contributed by atoms with Crippen LogP contribution in [0.3, 0.4) is 0 Å². The molecular formula is C9H7Cl3FN3OS. The summed E-state index contributed by atoms with van der Waals surface area (Å²) in [6, 6.07) is 6.32. The van der Waals surface area contributed by atoms with Crippen LogP contribution in [0.2, 0.25) is 5.02 Å². The first kappa shape index (κ1) is 14.0. The highest BCUT2D eigenvalue weighted by molar-refractivity contribution is 8.01. The van der Waals surface area contributed by atoms with E-state index in [4.69, 9.17) is 34.8 Å². The lowest BCUT2D eigenvalue weighted by atomic mass is 10.3. The number of para-hydroxylation sites is 1. The maximum Gasteiger partial charge on any atom is 0.350 e. The third-order valence-electron chi connectivity index (χ3n) is 2.12. The Hall–Kier alpha value is -0.400. The highest BCUT2D eigenvalue weighted by atomic mass is 35.5. The summed E-state index contributed by atoms with van der Waals surface area (Å²) in [5.74, 6) is 0. The molecule has 1 aliphatic rings. The van der Waals surface area contributed by atoms with Gasteiger partial charge in [-0.2, -0.15) is 14.2 Å². The van der Waals surface area contributed by atoms with Crippen molar-refractivity contribution in [3.8, 4) is 0 Å². The van der Waals surface area contributed by atoms with Crippen LogP contribution in [0.15, 0.2) is 24.3 Å². The van der Waals surface area contributed by atoms with E-state index in [-0.39, 0.29) is 6.67 Å². The zero-order chi connectivity index (χ0) is 13.3. The average Bonchev–Trinajstić information content (AvgIpc) is 2.59. The second-order valence-electron chi connectivity index (χ2n) is 3.31. The van der Waals surface area contributed by atoms with Crippen molar-refractivity contribution in [3.63, 3.8) is 0 Å².